The molecule has 0 radical (unpaired) electrons. The molecule has 1 heterocycles. The largest absolute Gasteiger partial charge is 0.364 e. The average Bonchev–Trinajstić information content (AvgIpc) is 3.14. The summed E-state index contributed by atoms with van der Waals surface area (Å²) in [6.45, 7) is 0. The molecule has 0 aromatic heterocycles. The van der Waals surface area contributed by atoms with Gasteiger partial charge in [-0.25, -0.2) is 8.42 Å². The van der Waals surface area contributed by atoms with Crippen molar-refractivity contribution in [2.24, 2.45) is 0 Å². The van der Waals surface area contributed by atoms with E-state index in [9.17, 15) is 13.2 Å². The molecule has 1 aliphatic heterocycles. The number of rotatable bonds is 3. The van der Waals surface area contributed by atoms with Crippen molar-refractivity contribution in [3.63, 3.8) is 0 Å². The van der Waals surface area contributed by atoms with Crippen molar-refractivity contribution < 1.29 is 13.2 Å². The van der Waals surface area contributed by atoms with E-state index >= 15 is 0 Å². The first-order valence-corrected chi connectivity index (χ1v) is 10.3. The second-order valence-corrected chi connectivity index (χ2v) is 8.45. The molecule has 1 unspecified atom stereocenters. The van der Waals surface area contributed by atoms with Gasteiger partial charge in [0.15, 0.2) is 0 Å². The first-order chi connectivity index (χ1) is 12.5. The molecule has 0 spiro atoms. The Morgan fingerprint density at radius 3 is 2.42 bits per heavy atom. The second kappa shape index (κ2) is 6.74. The summed E-state index contributed by atoms with van der Waals surface area (Å²) in [4.78, 5) is 12.6. The van der Waals surface area contributed by atoms with Gasteiger partial charge >= 0.3 is 0 Å². The van der Waals surface area contributed by atoms with Crippen LogP contribution in [0.5, 0.6) is 0 Å². The number of benzene rings is 2. The number of amides is 1. The minimum atomic E-state index is -3.57. The standard InChI is InChI=1S/C19H21N3O3S/c23-19(20-15-5-1-2-6-15)14-11-9-13(10-12-14)18-21-16-7-3-4-8-17(16)26(24,25)22-18/h3-4,7-12,15,18,21-22H,1-2,5-6H2,(H,20,23). The number of carbonyl (C=O) groups excluding carboxylic acids is 1. The Hall–Kier alpha value is -2.38. The van der Waals surface area contributed by atoms with Gasteiger partial charge in [0.25, 0.3) is 5.91 Å². The van der Waals surface area contributed by atoms with Crippen molar-refractivity contribution in [3.8, 4) is 0 Å². The molecular weight excluding hydrogens is 350 g/mol. The van der Waals surface area contributed by atoms with Crippen LogP contribution in [-0.2, 0) is 10.0 Å². The van der Waals surface area contributed by atoms with Crippen molar-refractivity contribution in [1.82, 2.24) is 10.0 Å². The highest BCUT2D eigenvalue weighted by Crippen LogP contribution is 2.30. The van der Waals surface area contributed by atoms with Gasteiger partial charge in [-0.3, -0.25) is 4.79 Å². The lowest BCUT2D eigenvalue weighted by Crippen LogP contribution is -2.38. The van der Waals surface area contributed by atoms with Crippen LogP contribution >= 0.6 is 0 Å². The smallest absolute Gasteiger partial charge is 0.251 e. The molecule has 2 aliphatic rings. The molecule has 2 aromatic carbocycles. The predicted octanol–water partition coefficient (Wildman–Crippen LogP) is 2.76. The van der Waals surface area contributed by atoms with E-state index in [0.29, 0.717) is 11.3 Å². The summed E-state index contributed by atoms with van der Waals surface area (Å²) in [5.41, 5.74) is 1.90. The van der Waals surface area contributed by atoms with Crippen molar-refractivity contribution in [2.75, 3.05) is 5.32 Å². The number of anilines is 1. The number of sulfonamides is 1. The topological polar surface area (TPSA) is 87.3 Å². The van der Waals surface area contributed by atoms with E-state index in [2.05, 4.69) is 15.4 Å². The fraction of sp³-hybridized carbons (Fsp3) is 0.316. The van der Waals surface area contributed by atoms with E-state index in [0.717, 1.165) is 18.4 Å². The Balaban J connectivity index is 1.51. The third-order valence-electron chi connectivity index (χ3n) is 4.95. The average molecular weight is 371 g/mol. The highest BCUT2D eigenvalue weighted by Gasteiger charge is 2.29. The maximum Gasteiger partial charge on any atom is 0.251 e. The Morgan fingerprint density at radius 1 is 1.00 bits per heavy atom. The molecule has 2 aromatic rings. The molecule has 4 rings (SSSR count). The van der Waals surface area contributed by atoms with Crippen molar-refractivity contribution in [3.05, 3.63) is 59.7 Å². The van der Waals surface area contributed by atoms with Crippen LogP contribution in [0.2, 0.25) is 0 Å². The number of para-hydroxylation sites is 1. The fourth-order valence-electron chi connectivity index (χ4n) is 3.54. The summed E-state index contributed by atoms with van der Waals surface area (Å²) in [5.74, 6) is -0.0778. The molecule has 136 valence electrons. The van der Waals surface area contributed by atoms with Gasteiger partial charge in [0, 0.05) is 11.6 Å². The molecular formula is C19H21N3O3S. The number of fused-ring (bicyclic) bond motifs is 1. The van der Waals surface area contributed by atoms with Gasteiger partial charge < -0.3 is 10.6 Å². The zero-order valence-corrected chi connectivity index (χ0v) is 15.1. The van der Waals surface area contributed by atoms with Crippen LogP contribution in [0.25, 0.3) is 0 Å². The van der Waals surface area contributed by atoms with E-state index in [1.165, 1.54) is 12.8 Å². The van der Waals surface area contributed by atoms with Crippen LogP contribution in [0.3, 0.4) is 0 Å². The maximum atomic E-state index is 12.4. The monoisotopic (exact) mass is 371 g/mol. The van der Waals surface area contributed by atoms with Gasteiger partial charge in [0.1, 0.15) is 11.1 Å². The predicted molar refractivity (Wildman–Crippen MR) is 99.3 cm³/mol. The minimum absolute atomic E-state index is 0.0778. The van der Waals surface area contributed by atoms with E-state index in [-0.39, 0.29) is 16.8 Å². The Bertz CT molecular complexity index is 919. The summed E-state index contributed by atoms with van der Waals surface area (Å²) in [6.07, 6.45) is 3.84. The molecule has 0 bridgehead atoms. The fourth-order valence-corrected chi connectivity index (χ4v) is 4.85. The lowest BCUT2D eigenvalue weighted by molar-refractivity contribution is 0.0938. The second-order valence-electron chi connectivity index (χ2n) is 6.77. The van der Waals surface area contributed by atoms with Gasteiger partial charge in [-0.05, 0) is 42.7 Å². The quantitative estimate of drug-likeness (QED) is 0.774. The highest BCUT2D eigenvalue weighted by atomic mass is 32.2. The Labute approximate surface area is 153 Å². The van der Waals surface area contributed by atoms with Gasteiger partial charge in [-0.15, -0.1) is 0 Å². The molecule has 1 atom stereocenters. The normalized spacial score (nSPS) is 21.6. The van der Waals surface area contributed by atoms with Crippen molar-refractivity contribution in [2.45, 2.75) is 42.8 Å². The van der Waals surface area contributed by atoms with Crippen LogP contribution < -0.4 is 15.4 Å². The summed E-state index contributed by atoms with van der Waals surface area (Å²) in [7, 11) is -3.57. The highest BCUT2D eigenvalue weighted by molar-refractivity contribution is 7.89. The number of carbonyl (C=O) groups is 1. The lowest BCUT2D eigenvalue weighted by Gasteiger charge is -2.28. The third-order valence-corrected chi connectivity index (χ3v) is 6.43. The van der Waals surface area contributed by atoms with Crippen molar-refractivity contribution in [1.29, 1.82) is 0 Å². The van der Waals surface area contributed by atoms with E-state index < -0.39 is 16.2 Å². The molecule has 26 heavy (non-hydrogen) atoms. The molecule has 1 aliphatic carbocycles. The van der Waals surface area contributed by atoms with Crippen LogP contribution in [0.15, 0.2) is 53.4 Å². The zero-order valence-electron chi connectivity index (χ0n) is 14.2. The SMILES string of the molecule is O=C(NC1CCCC1)c1ccc(C2Nc3ccccc3S(=O)(=O)N2)cc1. The molecule has 6 nitrogen and oxygen atoms in total. The Morgan fingerprint density at radius 2 is 1.69 bits per heavy atom. The third kappa shape index (κ3) is 3.32. The molecule has 1 saturated carbocycles. The molecule has 1 fully saturated rings. The first-order valence-electron chi connectivity index (χ1n) is 8.82. The van der Waals surface area contributed by atoms with Gasteiger partial charge in [0.2, 0.25) is 10.0 Å². The lowest BCUT2D eigenvalue weighted by atomic mass is 10.1. The molecule has 7 heteroatoms. The summed E-state index contributed by atoms with van der Waals surface area (Å²) in [6, 6.07) is 14.1. The van der Waals surface area contributed by atoms with Crippen molar-refractivity contribution >= 4 is 21.6 Å². The molecule has 1 amide bonds. The summed E-state index contributed by atoms with van der Waals surface area (Å²) < 4.78 is 27.5. The summed E-state index contributed by atoms with van der Waals surface area (Å²) >= 11 is 0. The first kappa shape index (κ1) is 17.1. The van der Waals surface area contributed by atoms with E-state index in [1.54, 1.807) is 48.5 Å². The van der Waals surface area contributed by atoms with Gasteiger partial charge in [0.05, 0.1) is 5.69 Å². The molecule has 3 N–H and O–H groups in total. The zero-order chi connectivity index (χ0) is 18.1. The summed E-state index contributed by atoms with van der Waals surface area (Å²) in [5, 5.41) is 6.24. The van der Waals surface area contributed by atoms with Crippen LogP contribution in [0.1, 0.15) is 47.8 Å². The van der Waals surface area contributed by atoms with Crippen LogP contribution in [-0.4, -0.2) is 20.4 Å². The van der Waals surface area contributed by atoms with Crippen LogP contribution in [0.4, 0.5) is 5.69 Å². The number of hydrogen-bond acceptors (Lipinski definition) is 4. The maximum absolute atomic E-state index is 12.4. The van der Waals surface area contributed by atoms with Gasteiger partial charge in [-0.1, -0.05) is 37.1 Å². The van der Waals surface area contributed by atoms with Gasteiger partial charge in [-0.2, -0.15) is 4.72 Å². The number of nitrogens with one attached hydrogen (secondary N) is 3. The van der Waals surface area contributed by atoms with Crippen LogP contribution in [0, 0.1) is 0 Å². The Kier molecular flexibility index (Phi) is 4.42. The minimum Gasteiger partial charge on any atom is -0.364 e. The van der Waals surface area contributed by atoms with E-state index in [1.807, 2.05) is 0 Å². The van der Waals surface area contributed by atoms with E-state index in [4.69, 9.17) is 0 Å². The number of hydrogen-bond donors (Lipinski definition) is 3. The molecule has 0 saturated heterocycles.